The van der Waals surface area contributed by atoms with Crippen molar-refractivity contribution in [3.05, 3.63) is 69.3 Å². The molecule has 0 saturated heterocycles. The molecule has 0 aliphatic heterocycles. The van der Waals surface area contributed by atoms with Gasteiger partial charge in [-0.05, 0) is 37.3 Å². The number of amides is 1. The standard InChI is InChI=1S/C17H12BrClN6O.H2S/c1-10(24-17(26)12-4-13(18)6-14(19)5-12)16-22-9-23-25(16)15-3-2-11(7-20)8-21-15;/h2-6,8-10H,1H3,(H,24,26);1H2/t10-;/m0./s1. The van der Waals surface area contributed by atoms with Crippen molar-refractivity contribution >= 4 is 46.9 Å². The van der Waals surface area contributed by atoms with Gasteiger partial charge in [0.05, 0.1) is 11.6 Å². The zero-order chi connectivity index (χ0) is 18.7. The monoisotopic (exact) mass is 464 g/mol. The Labute approximate surface area is 176 Å². The first-order chi connectivity index (χ1) is 12.5. The third-order valence-electron chi connectivity index (χ3n) is 3.53. The van der Waals surface area contributed by atoms with Crippen molar-refractivity contribution in [2.45, 2.75) is 13.0 Å². The van der Waals surface area contributed by atoms with Crippen LogP contribution in [0.15, 0.2) is 47.3 Å². The number of hydrogen-bond acceptors (Lipinski definition) is 5. The Hall–Kier alpha value is -2.41. The maximum Gasteiger partial charge on any atom is 0.251 e. The number of nitrogens with zero attached hydrogens (tertiary/aromatic N) is 5. The number of benzene rings is 1. The first-order valence-electron chi connectivity index (χ1n) is 7.51. The van der Waals surface area contributed by atoms with Crippen LogP contribution in [0.2, 0.25) is 5.02 Å². The molecule has 0 unspecified atom stereocenters. The van der Waals surface area contributed by atoms with Crippen LogP contribution >= 0.6 is 41.0 Å². The predicted octanol–water partition coefficient (Wildman–Crippen LogP) is 3.55. The van der Waals surface area contributed by atoms with Gasteiger partial charge in [-0.2, -0.15) is 28.5 Å². The maximum absolute atomic E-state index is 12.5. The first-order valence-corrected chi connectivity index (χ1v) is 8.68. The van der Waals surface area contributed by atoms with E-state index in [4.69, 9.17) is 16.9 Å². The van der Waals surface area contributed by atoms with Crippen molar-refractivity contribution in [3.8, 4) is 11.9 Å². The number of carbonyl (C=O) groups excluding carboxylic acids is 1. The lowest BCUT2D eigenvalue weighted by molar-refractivity contribution is 0.0938. The van der Waals surface area contributed by atoms with E-state index in [1.54, 1.807) is 37.3 Å². The van der Waals surface area contributed by atoms with Gasteiger partial charge in [0.2, 0.25) is 0 Å². The molecule has 0 aliphatic carbocycles. The topological polar surface area (TPSA) is 96.5 Å². The number of halogens is 2. The second-order valence-corrected chi connectivity index (χ2v) is 6.75. The Kier molecular flexibility index (Phi) is 6.96. The second-order valence-electron chi connectivity index (χ2n) is 5.40. The molecule has 1 N–H and O–H groups in total. The van der Waals surface area contributed by atoms with E-state index in [-0.39, 0.29) is 19.4 Å². The lowest BCUT2D eigenvalue weighted by Crippen LogP contribution is -2.28. The van der Waals surface area contributed by atoms with Crippen LogP contribution in [0, 0.1) is 11.3 Å². The molecule has 0 bridgehead atoms. The number of aromatic nitrogens is 4. The molecule has 10 heteroatoms. The number of carbonyl (C=O) groups is 1. The summed E-state index contributed by atoms with van der Waals surface area (Å²) < 4.78 is 2.23. The van der Waals surface area contributed by atoms with Crippen LogP contribution < -0.4 is 5.32 Å². The SMILES string of the molecule is C[C@H](NC(=O)c1cc(Cl)cc(Br)c1)c1ncnn1-c1ccc(C#N)cn1.S. The molecule has 1 amide bonds. The summed E-state index contributed by atoms with van der Waals surface area (Å²) in [5.74, 6) is 0.725. The first kappa shape index (κ1) is 20.9. The Bertz CT molecular complexity index is 981. The highest BCUT2D eigenvalue weighted by molar-refractivity contribution is 9.10. The number of rotatable bonds is 4. The summed E-state index contributed by atoms with van der Waals surface area (Å²) in [5.41, 5.74) is 0.877. The molecule has 138 valence electrons. The van der Waals surface area contributed by atoms with E-state index in [2.05, 4.69) is 36.3 Å². The third kappa shape index (κ3) is 4.86. The lowest BCUT2D eigenvalue weighted by Gasteiger charge is -2.14. The molecule has 2 heterocycles. The summed E-state index contributed by atoms with van der Waals surface area (Å²) in [4.78, 5) is 20.9. The Morgan fingerprint density at radius 2 is 2.11 bits per heavy atom. The van der Waals surface area contributed by atoms with Gasteiger partial charge in [-0.25, -0.2) is 9.97 Å². The van der Waals surface area contributed by atoms with Crippen LogP contribution in [0.4, 0.5) is 0 Å². The second kappa shape index (κ2) is 8.99. The molecular formula is C17H14BrClN6OS. The highest BCUT2D eigenvalue weighted by atomic mass is 79.9. The van der Waals surface area contributed by atoms with Crippen LogP contribution in [0.5, 0.6) is 0 Å². The van der Waals surface area contributed by atoms with Crippen molar-refractivity contribution in [2.24, 2.45) is 0 Å². The Balaban J connectivity index is 0.00000261. The van der Waals surface area contributed by atoms with E-state index in [0.717, 1.165) is 0 Å². The summed E-state index contributed by atoms with van der Waals surface area (Å²) in [5, 5.41) is 16.3. The zero-order valence-corrected chi connectivity index (χ0v) is 17.4. The molecule has 7 nitrogen and oxygen atoms in total. The predicted molar refractivity (Wildman–Crippen MR) is 109 cm³/mol. The molecule has 27 heavy (non-hydrogen) atoms. The lowest BCUT2D eigenvalue weighted by atomic mass is 10.2. The zero-order valence-electron chi connectivity index (χ0n) is 14.0. The summed E-state index contributed by atoms with van der Waals surface area (Å²) in [6.45, 7) is 1.79. The Morgan fingerprint density at radius 1 is 1.33 bits per heavy atom. The van der Waals surface area contributed by atoms with Crippen LogP contribution in [0.1, 0.15) is 34.7 Å². The number of pyridine rings is 1. The fourth-order valence-corrected chi connectivity index (χ4v) is 3.19. The quantitative estimate of drug-likeness (QED) is 0.635. The van der Waals surface area contributed by atoms with Gasteiger partial charge < -0.3 is 5.32 Å². The van der Waals surface area contributed by atoms with Crippen molar-refractivity contribution in [2.75, 3.05) is 0 Å². The fourth-order valence-electron chi connectivity index (χ4n) is 2.33. The molecule has 0 saturated carbocycles. The van der Waals surface area contributed by atoms with Gasteiger partial charge in [-0.15, -0.1) is 0 Å². The van der Waals surface area contributed by atoms with E-state index in [1.165, 1.54) is 17.2 Å². The molecule has 0 spiro atoms. The van der Waals surface area contributed by atoms with E-state index >= 15 is 0 Å². The van der Waals surface area contributed by atoms with E-state index in [0.29, 0.717) is 32.3 Å². The minimum Gasteiger partial charge on any atom is -0.342 e. The van der Waals surface area contributed by atoms with Gasteiger partial charge in [-0.3, -0.25) is 4.79 Å². The maximum atomic E-state index is 12.5. The summed E-state index contributed by atoms with van der Waals surface area (Å²) in [6.07, 6.45) is 2.83. The minimum atomic E-state index is -0.430. The smallest absolute Gasteiger partial charge is 0.251 e. The van der Waals surface area contributed by atoms with E-state index in [9.17, 15) is 4.79 Å². The Morgan fingerprint density at radius 3 is 2.74 bits per heavy atom. The highest BCUT2D eigenvalue weighted by Gasteiger charge is 2.18. The van der Waals surface area contributed by atoms with Gasteiger partial charge in [0.1, 0.15) is 12.4 Å². The van der Waals surface area contributed by atoms with Gasteiger partial charge >= 0.3 is 0 Å². The molecular weight excluding hydrogens is 452 g/mol. The van der Waals surface area contributed by atoms with Crippen molar-refractivity contribution in [1.82, 2.24) is 25.1 Å². The number of nitriles is 1. The van der Waals surface area contributed by atoms with E-state index < -0.39 is 6.04 Å². The average molecular weight is 466 g/mol. The third-order valence-corrected chi connectivity index (χ3v) is 4.20. The van der Waals surface area contributed by atoms with Gasteiger partial charge in [-0.1, -0.05) is 27.5 Å². The summed E-state index contributed by atoms with van der Waals surface area (Å²) in [7, 11) is 0. The number of hydrogen-bond donors (Lipinski definition) is 1. The largest absolute Gasteiger partial charge is 0.342 e. The van der Waals surface area contributed by atoms with Crippen LogP contribution in [0.25, 0.3) is 5.82 Å². The molecule has 0 fully saturated rings. The van der Waals surface area contributed by atoms with Gasteiger partial charge in [0.15, 0.2) is 11.6 Å². The molecule has 2 aromatic heterocycles. The van der Waals surface area contributed by atoms with Crippen LogP contribution in [0.3, 0.4) is 0 Å². The normalized spacial score (nSPS) is 11.2. The van der Waals surface area contributed by atoms with Crippen molar-refractivity contribution < 1.29 is 4.79 Å². The molecule has 1 atom stereocenters. The minimum absolute atomic E-state index is 0. The van der Waals surface area contributed by atoms with Gasteiger partial charge in [0, 0.05) is 21.3 Å². The summed E-state index contributed by atoms with van der Waals surface area (Å²) >= 11 is 9.31. The average Bonchev–Trinajstić information content (AvgIpc) is 3.10. The van der Waals surface area contributed by atoms with Crippen molar-refractivity contribution in [3.63, 3.8) is 0 Å². The molecule has 3 aromatic rings. The summed E-state index contributed by atoms with van der Waals surface area (Å²) in [6, 6.07) is 9.86. The highest BCUT2D eigenvalue weighted by Crippen LogP contribution is 2.20. The molecule has 0 aliphatic rings. The fraction of sp³-hybridized carbons (Fsp3) is 0.118. The molecule has 0 radical (unpaired) electrons. The van der Waals surface area contributed by atoms with E-state index in [1.807, 2.05) is 6.07 Å². The van der Waals surface area contributed by atoms with Crippen LogP contribution in [-0.4, -0.2) is 25.7 Å². The molecule has 3 rings (SSSR count). The van der Waals surface area contributed by atoms with Crippen molar-refractivity contribution in [1.29, 1.82) is 5.26 Å². The molecule has 1 aromatic carbocycles. The van der Waals surface area contributed by atoms with Gasteiger partial charge in [0.25, 0.3) is 5.91 Å². The number of nitrogens with one attached hydrogen (secondary N) is 1. The van der Waals surface area contributed by atoms with Crippen LogP contribution in [-0.2, 0) is 0 Å².